The summed E-state index contributed by atoms with van der Waals surface area (Å²) < 4.78 is 0. The number of thioether (sulfide) groups is 1. The second-order valence-electron chi connectivity index (χ2n) is 4.28. The molecule has 1 fully saturated rings. The second kappa shape index (κ2) is 6.22. The van der Waals surface area contributed by atoms with E-state index in [4.69, 9.17) is 23.2 Å². The molecule has 0 amide bonds. The van der Waals surface area contributed by atoms with Gasteiger partial charge < -0.3 is 10.2 Å². The topological polar surface area (TPSA) is 28.2 Å². The Hall–Kier alpha value is -0.320. The highest BCUT2D eigenvalue weighted by atomic mass is 35.5. The molecule has 1 N–H and O–H groups in total. The summed E-state index contributed by atoms with van der Waals surface area (Å²) in [4.78, 5) is 6.71. The summed E-state index contributed by atoms with van der Waals surface area (Å²) in [6.07, 6.45) is 1.18. The third-order valence-electron chi connectivity index (χ3n) is 3.04. The van der Waals surface area contributed by atoms with Crippen LogP contribution in [0.25, 0.3) is 0 Å². The molecular weight excluding hydrogens is 289 g/mol. The fourth-order valence-corrected chi connectivity index (χ4v) is 3.82. The highest BCUT2D eigenvalue weighted by Gasteiger charge is 2.23. The predicted octanol–water partition coefficient (Wildman–Crippen LogP) is 3.76. The molecule has 3 nitrogen and oxygen atoms in total. The fourth-order valence-electron chi connectivity index (χ4n) is 2.00. The molecule has 1 aliphatic rings. The molecule has 0 radical (unpaired) electrons. The van der Waals surface area contributed by atoms with Gasteiger partial charge in [0, 0.05) is 25.4 Å². The number of pyridine rings is 1. The van der Waals surface area contributed by atoms with Crippen molar-refractivity contribution in [2.75, 3.05) is 35.3 Å². The van der Waals surface area contributed by atoms with Gasteiger partial charge in [0.25, 0.3) is 0 Å². The van der Waals surface area contributed by atoms with Crippen LogP contribution in [0.3, 0.4) is 0 Å². The molecule has 0 bridgehead atoms. The van der Waals surface area contributed by atoms with Crippen LogP contribution in [0, 0.1) is 0 Å². The van der Waals surface area contributed by atoms with Crippen LogP contribution in [0.4, 0.5) is 11.6 Å². The van der Waals surface area contributed by atoms with Crippen LogP contribution in [0.2, 0.25) is 10.0 Å². The molecule has 1 aliphatic heterocycles. The summed E-state index contributed by atoms with van der Waals surface area (Å²) in [5.41, 5.74) is 0. The number of hydrogen-bond donors (Lipinski definition) is 1. The van der Waals surface area contributed by atoms with Crippen LogP contribution in [0.15, 0.2) is 6.07 Å². The number of halogens is 2. The first-order valence-electron chi connectivity index (χ1n) is 6.04. The molecule has 1 unspecified atom stereocenters. The zero-order valence-electron chi connectivity index (χ0n) is 10.5. The average Bonchev–Trinajstić information content (AvgIpc) is 2.85. The normalized spacial score (nSPS) is 19.0. The number of aromatic nitrogens is 1. The van der Waals surface area contributed by atoms with E-state index in [1.807, 2.05) is 25.7 Å². The van der Waals surface area contributed by atoms with Gasteiger partial charge in [-0.1, -0.05) is 23.2 Å². The SMILES string of the molecule is CCNc1nc(N(C)C2CCSC2)c(Cl)cc1Cl. The minimum absolute atomic E-state index is 0.510. The molecule has 0 aromatic carbocycles. The van der Waals surface area contributed by atoms with Crippen molar-refractivity contribution in [1.82, 2.24) is 4.98 Å². The van der Waals surface area contributed by atoms with Gasteiger partial charge in [0.2, 0.25) is 0 Å². The van der Waals surface area contributed by atoms with Crippen molar-refractivity contribution in [3.05, 3.63) is 16.1 Å². The van der Waals surface area contributed by atoms with E-state index >= 15 is 0 Å². The third kappa shape index (κ3) is 2.98. The largest absolute Gasteiger partial charge is 0.369 e. The number of nitrogens with one attached hydrogen (secondary N) is 1. The minimum atomic E-state index is 0.510. The van der Waals surface area contributed by atoms with Gasteiger partial charge in [-0.2, -0.15) is 11.8 Å². The first-order chi connectivity index (χ1) is 8.63. The van der Waals surface area contributed by atoms with Gasteiger partial charge in [-0.3, -0.25) is 0 Å². The number of anilines is 2. The Morgan fingerprint density at radius 3 is 2.89 bits per heavy atom. The smallest absolute Gasteiger partial charge is 0.149 e. The summed E-state index contributed by atoms with van der Waals surface area (Å²) in [6, 6.07) is 2.28. The van der Waals surface area contributed by atoms with E-state index in [0.717, 1.165) is 18.1 Å². The lowest BCUT2D eigenvalue weighted by molar-refractivity contribution is 0.692. The molecule has 100 valence electrons. The van der Waals surface area contributed by atoms with Gasteiger partial charge in [-0.25, -0.2) is 4.98 Å². The van der Waals surface area contributed by atoms with Gasteiger partial charge in [0.15, 0.2) is 0 Å². The van der Waals surface area contributed by atoms with E-state index in [-0.39, 0.29) is 0 Å². The van der Waals surface area contributed by atoms with E-state index in [2.05, 4.69) is 15.2 Å². The summed E-state index contributed by atoms with van der Waals surface area (Å²) >= 11 is 14.3. The summed E-state index contributed by atoms with van der Waals surface area (Å²) in [5.74, 6) is 3.86. The highest BCUT2D eigenvalue weighted by molar-refractivity contribution is 7.99. The molecule has 0 spiro atoms. The average molecular weight is 306 g/mol. The number of rotatable bonds is 4. The van der Waals surface area contributed by atoms with E-state index < -0.39 is 0 Å². The van der Waals surface area contributed by atoms with Crippen LogP contribution in [-0.2, 0) is 0 Å². The van der Waals surface area contributed by atoms with Gasteiger partial charge in [-0.15, -0.1) is 0 Å². The summed E-state index contributed by atoms with van der Waals surface area (Å²) in [7, 11) is 2.05. The van der Waals surface area contributed by atoms with Gasteiger partial charge in [0.1, 0.15) is 11.6 Å². The number of hydrogen-bond acceptors (Lipinski definition) is 4. The van der Waals surface area contributed by atoms with Crippen molar-refractivity contribution in [2.45, 2.75) is 19.4 Å². The van der Waals surface area contributed by atoms with Crippen LogP contribution in [0.5, 0.6) is 0 Å². The maximum Gasteiger partial charge on any atom is 0.149 e. The lowest BCUT2D eigenvalue weighted by Crippen LogP contribution is -2.32. The van der Waals surface area contributed by atoms with Gasteiger partial charge in [0.05, 0.1) is 10.0 Å². The molecular formula is C12H17Cl2N3S. The van der Waals surface area contributed by atoms with Gasteiger partial charge in [-0.05, 0) is 25.2 Å². The molecule has 0 saturated carbocycles. The summed E-state index contributed by atoms with van der Waals surface area (Å²) in [5, 5.41) is 4.34. The van der Waals surface area contributed by atoms with Crippen molar-refractivity contribution < 1.29 is 0 Å². The Balaban J connectivity index is 2.27. The van der Waals surface area contributed by atoms with E-state index in [9.17, 15) is 0 Å². The van der Waals surface area contributed by atoms with Crippen LogP contribution >= 0.6 is 35.0 Å². The first kappa shape index (κ1) is 14.1. The van der Waals surface area contributed by atoms with Crippen molar-refractivity contribution in [3.63, 3.8) is 0 Å². The van der Waals surface area contributed by atoms with Crippen LogP contribution in [0.1, 0.15) is 13.3 Å². The van der Waals surface area contributed by atoms with Crippen molar-refractivity contribution >= 4 is 46.6 Å². The lowest BCUT2D eigenvalue weighted by Gasteiger charge is -2.26. The quantitative estimate of drug-likeness (QED) is 0.917. The molecule has 0 aliphatic carbocycles. The number of nitrogens with zero attached hydrogens (tertiary/aromatic N) is 2. The lowest BCUT2D eigenvalue weighted by atomic mass is 10.2. The third-order valence-corrected chi connectivity index (χ3v) is 4.75. The molecule has 2 rings (SSSR count). The highest BCUT2D eigenvalue weighted by Crippen LogP contribution is 2.34. The minimum Gasteiger partial charge on any atom is -0.369 e. The molecule has 6 heteroatoms. The van der Waals surface area contributed by atoms with Crippen molar-refractivity contribution in [2.24, 2.45) is 0 Å². The Kier molecular flexibility index (Phi) is 4.87. The van der Waals surface area contributed by atoms with E-state index in [1.165, 1.54) is 12.2 Å². The monoisotopic (exact) mass is 305 g/mol. The first-order valence-corrected chi connectivity index (χ1v) is 7.95. The van der Waals surface area contributed by atoms with Crippen LogP contribution in [-0.4, -0.2) is 36.1 Å². The maximum atomic E-state index is 6.25. The Morgan fingerprint density at radius 1 is 1.50 bits per heavy atom. The standard InChI is InChI=1S/C12H17Cl2N3S/c1-3-15-11-9(13)6-10(14)12(16-11)17(2)8-4-5-18-7-8/h6,8H,3-5,7H2,1-2H3,(H,15,16). The fraction of sp³-hybridized carbons (Fsp3) is 0.583. The summed E-state index contributed by atoms with van der Waals surface area (Å²) in [6.45, 7) is 2.81. The van der Waals surface area contributed by atoms with Gasteiger partial charge >= 0.3 is 0 Å². The zero-order chi connectivity index (χ0) is 13.1. The van der Waals surface area contributed by atoms with Crippen molar-refractivity contribution in [3.8, 4) is 0 Å². The van der Waals surface area contributed by atoms with E-state index in [1.54, 1.807) is 6.07 Å². The Morgan fingerprint density at radius 2 is 2.28 bits per heavy atom. The molecule has 1 saturated heterocycles. The second-order valence-corrected chi connectivity index (χ2v) is 6.25. The predicted molar refractivity (Wildman–Crippen MR) is 82.6 cm³/mol. The molecule has 1 atom stereocenters. The molecule has 1 aromatic heterocycles. The Bertz CT molecular complexity index is 422. The molecule has 2 heterocycles. The zero-order valence-corrected chi connectivity index (χ0v) is 12.9. The van der Waals surface area contributed by atoms with Crippen molar-refractivity contribution in [1.29, 1.82) is 0 Å². The Labute approximate surface area is 122 Å². The van der Waals surface area contributed by atoms with Crippen LogP contribution < -0.4 is 10.2 Å². The molecule has 1 aromatic rings. The molecule has 18 heavy (non-hydrogen) atoms. The maximum absolute atomic E-state index is 6.25. The van der Waals surface area contributed by atoms with E-state index in [0.29, 0.717) is 21.9 Å².